The normalized spacial score (nSPS) is 17.1. The van der Waals surface area contributed by atoms with Gasteiger partial charge in [-0.05, 0) is 61.8 Å². The Kier molecular flexibility index (Phi) is 5.58. The van der Waals surface area contributed by atoms with Gasteiger partial charge in [-0.1, -0.05) is 6.07 Å². The zero-order valence-corrected chi connectivity index (χ0v) is 16.4. The van der Waals surface area contributed by atoms with Gasteiger partial charge < -0.3 is 14.8 Å². The summed E-state index contributed by atoms with van der Waals surface area (Å²) < 4.78 is 10.5. The lowest BCUT2D eigenvalue weighted by Gasteiger charge is -2.37. The van der Waals surface area contributed by atoms with Crippen molar-refractivity contribution in [2.45, 2.75) is 19.9 Å². The molecule has 2 heterocycles. The Morgan fingerprint density at radius 1 is 1.31 bits per heavy atom. The summed E-state index contributed by atoms with van der Waals surface area (Å²) in [6.45, 7) is 4.44. The van der Waals surface area contributed by atoms with Crippen LogP contribution in [-0.2, 0) is 9.53 Å². The molecular weight excluding hydrogens is 368 g/mol. The number of thiophene rings is 1. The van der Waals surface area contributed by atoms with Gasteiger partial charge in [-0.3, -0.25) is 4.90 Å². The lowest BCUT2D eigenvalue weighted by Crippen LogP contribution is -2.47. The van der Waals surface area contributed by atoms with Crippen molar-refractivity contribution < 1.29 is 14.3 Å². The van der Waals surface area contributed by atoms with Crippen LogP contribution < -0.4 is 15.0 Å². The Morgan fingerprint density at radius 3 is 2.62 bits per heavy atom. The fourth-order valence-electron chi connectivity index (χ4n) is 2.96. The van der Waals surface area contributed by atoms with Crippen molar-refractivity contribution in [1.29, 1.82) is 0 Å². The van der Waals surface area contributed by atoms with Gasteiger partial charge in [-0.25, -0.2) is 4.79 Å². The van der Waals surface area contributed by atoms with E-state index in [-0.39, 0.29) is 12.0 Å². The largest absolute Gasteiger partial charge is 0.494 e. The SMILES string of the molecule is CCOc1ccc(N2C(=S)N[C@@H](c3cccs3)C(C(=O)OC)=C2C)cc1. The van der Waals surface area contributed by atoms with Crippen LogP contribution in [0.3, 0.4) is 0 Å². The zero-order chi connectivity index (χ0) is 18.7. The Morgan fingerprint density at radius 2 is 2.04 bits per heavy atom. The maximum Gasteiger partial charge on any atom is 0.338 e. The first-order chi connectivity index (χ1) is 12.6. The smallest absolute Gasteiger partial charge is 0.338 e. The van der Waals surface area contributed by atoms with Crippen molar-refractivity contribution in [3.63, 3.8) is 0 Å². The Balaban J connectivity index is 2.04. The van der Waals surface area contributed by atoms with Gasteiger partial charge in [-0.2, -0.15) is 0 Å². The summed E-state index contributed by atoms with van der Waals surface area (Å²) in [5.41, 5.74) is 2.16. The molecule has 1 aromatic carbocycles. The molecule has 5 nitrogen and oxygen atoms in total. The molecule has 1 aromatic heterocycles. The Labute approximate surface area is 162 Å². The third-order valence-corrected chi connectivity index (χ3v) is 5.36. The second-order valence-corrected chi connectivity index (χ2v) is 7.02. The minimum Gasteiger partial charge on any atom is -0.494 e. The topological polar surface area (TPSA) is 50.8 Å². The number of carbonyl (C=O) groups is 1. The predicted octanol–water partition coefficient (Wildman–Crippen LogP) is 4.03. The van der Waals surface area contributed by atoms with E-state index in [0.29, 0.717) is 17.3 Å². The minimum absolute atomic E-state index is 0.311. The number of ether oxygens (including phenoxy) is 2. The van der Waals surface area contributed by atoms with Gasteiger partial charge >= 0.3 is 5.97 Å². The minimum atomic E-state index is -0.369. The van der Waals surface area contributed by atoms with E-state index in [1.54, 1.807) is 11.3 Å². The highest BCUT2D eigenvalue weighted by molar-refractivity contribution is 7.80. The monoisotopic (exact) mass is 388 g/mol. The summed E-state index contributed by atoms with van der Waals surface area (Å²) in [6.07, 6.45) is 0. The van der Waals surface area contributed by atoms with Gasteiger partial charge in [0.15, 0.2) is 5.11 Å². The van der Waals surface area contributed by atoms with E-state index in [9.17, 15) is 4.79 Å². The number of nitrogens with zero attached hydrogens (tertiary/aromatic N) is 1. The summed E-state index contributed by atoms with van der Waals surface area (Å²) in [4.78, 5) is 15.4. The number of nitrogens with one attached hydrogen (secondary N) is 1. The van der Waals surface area contributed by atoms with Gasteiger partial charge in [0.1, 0.15) is 5.75 Å². The molecule has 1 aliphatic rings. The first kappa shape index (κ1) is 18.4. The average molecular weight is 389 g/mol. The highest BCUT2D eigenvalue weighted by Crippen LogP contribution is 2.36. The summed E-state index contributed by atoms with van der Waals surface area (Å²) in [7, 11) is 1.39. The van der Waals surface area contributed by atoms with Crippen LogP contribution in [0.5, 0.6) is 5.75 Å². The molecule has 7 heteroatoms. The Bertz CT molecular complexity index is 829. The van der Waals surface area contributed by atoms with E-state index in [1.165, 1.54) is 7.11 Å². The van der Waals surface area contributed by atoms with E-state index in [4.69, 9.17) is 21.7 Å². The molecule has 26 heavy (non-hydrogen) atoms. The van der Waals surface area contributed by atoms with Crippen LogP contribution in [-0.4, -0.2) is 24.8 Å². The van der Waals surface area contributed by atoms with E-state index in [2.05, 4.69) is 5.32 Å². The molecule has 1 atom stereocenters. The molecule has 0 amide bonds. The molecule has 1 N–H and O–H groups in total. The van der Waals surface area contributed by atoms with E-state index >= 15 is 0 Å². The number of hydrogen-bond donors (Lipinski definition) is 1. The van der Waals surface area contributed by atoms with E-state index in [1.807, 2.05) is 60.5 Å². The molecule has 0 saturated carbocycles. The summed E-state index contributed by atoms with van der Waals surface area (Å²) in [6, 6.07) is 11.2. The van der Waals surface area contributed by atoms with Gasteiger partial charge in [0, 0.05) is 16.3 Å². The number of carbonyl (C=O) groups excluding carboxylic acids is 1. The number of thiocarbonyl (C=S) groups is 1. The molecule has 0 radical (unpaired) electrons. The molecular formula is C19H20N2O3S2. The number of anilines is 1. The summed E-state index contributed by atoms with van der Waals surface area (Å²) in [5, 5.41) is 5.80. The first-order valence-corrected chi connectivity index (χ1v) is 9.51. The van der Waals surface area contributed by atoms with Gasteiger partial charge in [0.2, 0.25) is 0 Å². The molecule has 0 aliphatic carbocycles. The summed E-state index contributed by atoms with van der Waals surface area (Å²) >= 11 is 7.17. The molecule has 0 bridgehead atoms. The lowest BCUT2D eigenvalue weighted by atomic mass is 10.0. The number of rotatable bonds is 5. The predicted molar refractivity (Wildman–Crippen MR) is 108 cm³/mol. The second-order valence-electron chi connectivity index (χ2n) is 5.65. The second kappa shape index (κ2) is 7.88. The third kappa shape index (κ3) is 3.45. The van der Waals surface area contributed by atoms with Gasteiger partial charge in [0.25, 0.3) is 0 Å². The highest BCUT2D eigenvalue weighted by Gasteiger charge is 2.35. The Hall–Kier alpha value is -2.38. The molecule has 0 saturated heterocycles. The van der Waals surface area contributed by atoms with Crippen molar-refractivity contribution in [3.05, 3.63) is 57.9 Å². The van der Waals surface area contributed by atoms with Crippen molar-refractivity contribution >= 4 is 40.3 Å². The number of methoxy groups -OCH3 is 1. The fourth-order valence-corrected chi connectivity index (χ4v) is 4.10. The molecule has 3 rings (SSSR count). The van der Waals surface area contributed by atoms with E-state index in [0.717, 1.165) is 22.0 Å². The molecule has 0 spiro atoms. The third-order valence-electron chi connectivity index (χ3n) is 4.12. The fraction of sp³-hybridized carbons (Fsp3) is 0.263. The zero-order valence-electron chi connectivity index (χ0n) is 14.8. The van der Waals surface area contributed by atoms with Crippen LogP contribution in [0, 0.1) is 0 Å². The van der Waals surface area contributed by atoms with E-state index < -0.39 is 0 Å². The number of esters is 1. The van der Waals surface area contributed by atoms with Crippen LogP contribution in [0.4, 0.5) is 5.69 Å². The van der Waals surface area contributed by atoms with Crippen molar-refractivity contribution in [2.24, 2.45) is 0 Å². The lowest BCUT2D eigenvalue weighted by molar-refractivity contribution is -0.136. The standard InChI is InChI=1S/C19H20N2O3S2/c1-4-24-14-9-7-13(8-10-14)21-12(2)16(18(22)23-3)17(20-19(21)25)15-6-5-11-26-15/h5-11,17H,4H2,1-3H3,(H,20,25)/t17-/m0/s1. The molecule has 2 aromatic rings. The van der Waals surface area contributed by atoms with Crippen LogP contribution in [0.2, 0.25) is 0 Å². The number of hydrogen-bond acceptors (Lipinski definition) is 5. The first-order valence-electron chi connectivity index (χ1n) is 8.22. The van der Waals surface area contributed by atoms with Crippen LogP contribution in [0.25, 0.3) is 0 Å². The number of benzene rings is 1. The van der Waals surface area contributed by atoms with Crippen molar-refractivity contribution in [1.82, 2.24) is 5.32 Å². The van der Waals surface area contributed by atoms with Crippen molar-refractivity contribution in [3.8, 4) is 5.75 Å². The van der Waals surface area contributed by atoms with Crippen LogP contribution in [0.15, 0.2) is 53.0 Å². The molecule has 0 fully saturated rings. The van der Waals surface area contributed by atoms with Gasteiger partial charge in [-0.15, -0.1) is 11.3 Å². The summed E-state index contributed by atoms with van der Waals surface area (Å²) in [5.74, 6) is 0.422. The average Bonchev–Trinajstić information content (AvgIpc) is 3.17. The van der Waals surface area contributed by atoms with Crippen molar-refractivity contribution in [2.75, 3.05) is 18.6 Å². The molecule has 136 valence electrons. The quantitative estimate of drug-likeness (QED) is 0.617. The maximum absolute atomic E-state index is 12.5. The highest BCUT2D eigenvalue weighted by atomic mass is 32.1. The van der Waals surface area contributed by atoms with Crippen LogP contribution >= 0.6 is 23.6 Å². The number of allylic oxidation sites excluding steroid dienone is 1. The van der Waals surface area contributed by atoms with Gasteiger partial charge in [0.05, 0.1) is 25.3 Å². The molecule has 0 unspecified atom stereocenters. The maximum atomic E-state index is 12.5. The molecule has 1 aliphatic heterocycles. The van der Waals surface area contributed by atoms with Crippen LogP contribution in [0.1, 0.15) is 24.8 Å².